The first-order chi connectivity index (χ1) is 5.91. The van der Waals surface area contributed by atoms with E-state index in [0.717, 1.165) is 5.69 Å². The third kappa shape index (κ3) is 2.45. The maximum Gasteiger partial charge on any atom is 0.124 e. The fourth-order valence-corrected chi connectivity index (χ4v) is 0.944. The van der Waals surface area contributed by atoms with E-state index in [0.29, 0.717) is 10.7 Å². The minimum absolute atomic E-state index is 0.0200. The Morgan fingerprint density at radius 1 is 1.38 bits per heavy atom. The maximum atomic E-state index is 5.45. The van der Waals surface area contributed by atoms with Gasteiger partial charge in [0.2, 0.25) is 0 Å². The van der Waals surface area contributed by atoms with Gasteiger partial charge in [-0.15, -0.1) is 0 Å². The third-order valence-electron chi connectivity index (χ3n) is 1.66. The lowest BCUT2D eigenvalue weighted by Crippen LogP contribution is -2.19. The van der Waals surface area contributed by atoms with Gasteiger partial charge in [0, 0.05) is 11.6 Å². The second kappa shape index (κ2) is 3.38. The van der Waals surface area contributed by atoms with Crippen LogP contribution in [-0.2, 0) is 5.41 Å². The van der Waals surface area contributed by atoms with E-state index in [4.69, 9.17) is 18.0 Å². The zero-order valence-corrected chi connectivity index (χ0v) is 8.85. The summed E-state index contributed by atoms with van der Waals surface area (Å²) in [6.07, 6.45) is 3.32. The Hall–Kier alpha value is -1.03. The fraction of sp³-hybridized carbons (Fsp3) is 0.444. The summed E-state index contributed by atoms with van der Waals surface area (Å²) in [4.78, 5) is 8.65. The molecule has 0 aliphatic carbocycles. The molecule has 70 valence electrons. The highest BCUT2D eigenvalue weighted by Crippen LogP contribution is 2.18. The summed E-state index contributed by atoms with van der Waals surface area (Å²) in [7, 11) is 0. The fourth-order valence-electron chi connectivity index (χ4n) is 0.846. The van der Waals surface area contributed by atoms with E-state index >= 15 is 0 Å². The van der Waals surface area contributed by atoms with E-state index in [1.165, 1.54) is 0 Å². The molecule has 0 spiro atoms. The highest BCUT2D eigenvalue weighted by atomic mass is 32.1. The van der Waals surface area contributed by atoms with E-state index < -0.39 is 0 Å². The second-order valence-electron chi connectivity index (χ2n) is 3.90. The molecule has 2 N–H and O–H groups in total. The van der Waals surface area contributed by atoms with Crippen LogP contribution in [0.2, 0.25) is 0 Å². The topological polar surface area (TPSA) is 51.8 Å². The molecule has 4 heteroatoms. The summed E-state index contributed by atoms with van der Waals surface area (Å²) in [5.74, 6) is 0. The number of hydrogen-bond acceptors (Lipinski definition) is 3. The molecule has 0 aromatic carbocycles. The summed E-state index contributed by atoms with van der Waals surface area (Å²) in [6, 6.07) is 0. The molecule has 0 saturated heterocycles. The van der Waals surface area contributed by atoms with Crippen LogP contribution in [0.15, 0.2) is 12.4 Å². The number of rotatable bonds is 1. The van der Waals surface area contributed by atoms with Gasteiger partial charge in [-0.3, -0.25) is 4.98 Å². The second-order valence-corrected chi connectivity index (χ2v) is 4.34. The molecule has 13 heavy (non-hydrogen) atoms. The molecule has 0 saturated carbocycles. The van der Waals surface area contributed by atoms with Crippen molar-refractivity contribution in [2.75, 3.05) is 0 Å². The minimum atomic E-state index is -0.0200. The maximum absolute atomic E-state index is 5.45. The van der Waals surface area contributed by atoms with Crippen molar-refractivity contribution in [3.63, 3.8) is 0 Å². The number of thiocarbonyl (C=S) groups is 1. The Balaban J connectivity index is 3.13. The van der Waals surface area contributed by atoms with Crippen molar-refractivity contribution in [1.29, 1.82) is 0 Å². The molecule has 0 amide bonds. The van der Waals surface area contributed by atoms with Crippen LogP contribution in [-0.4, -0.2) is 15.0 Å². The lowest BCUT2D eigenvalue weighted by molar-refractivity contribution is 0.565. The van der Waals surface area contributed by atoms with Gasteiger partial charge in [0.05, 0.1) is 11.9 Å². The first kappa shape index (κ1) is 10.1. The molecule has 0 bridgehead atoms. The predicted octanol–water partition coefficient (Wildman–Crippen LogP) is 1.41. The van der Waals surface area contributed by atoms with Crippen molar-refractivity contribution in [3.8, 4) is 0 Å². The average molecular weight is 195 g/mol. The van der Waals surface area contributed by atoms with E-state index in [2.05, 4.69) is 30.7 Å². The highest BCUT2D eigenvalue weighted by molar-refractivity contribution is 7.80. The molecule has 1 aromatic heterocycles. The van der Waals surface area contributed by atoms with Gasteiger partial charge in [-0.05, 0) is 0 Å². The first-order valence-corrected chi connectivity index (χ1v) is 4.44. The first-order valence-electron chi connectivity index (χ1n) is 4.03. The van der Waals surface area contributed by atoms with Crippen LogP contribution in [0.25, 0.3) is 0 Å². The van der Waals surface area contributed by atoms with Crippen molar-refractivity contribution in [1.82, 2.24) is 9.97 Å². The lowest BCUT2D eigenvalue weighted by atomic mass is 9.93. The summed E-state index contributed by atoms with van der Waals surface area (Å²) < 4.78 is 0. The van der Waals surface area contributed by atoms with Crippen LogP contribution in [0.3, 0.4) is 0 Å². The van der Waals surface area contributed by atoms with Gasteiger partial charge in [-0.2, -0.15) is 0 Å². The Morgan fingerprint density at radius 3 is 2.46 bits per heavy atom. The van der Waals surface area contributed by atoms with E-state index in [-0.39, 0.29) is 5.41 Å². The number of nitrogens with two attached hydrogens (primary N) is 1. The monoisotopic (exact) mass is 195 g/mol. The molecule has 0 aliphatic heterocycles. The lowest BCUT2D eigenvalue weighted by Gasteiger charge is -2.17. The van der Waals surface area contributed by atoms with E-state index in [1.807, 2.05) is 0 Å². The Morgan fingerprint density at radius 2 is 2.00 bits per heavy atom. The Bertz CT molecular complexity index is 328. The normalized spacial score (nSPS) is 11.3. The third-order valence-corrected chi connectivity index (χ3v) is 1.86. The van der Waals surface area contributed by atoms with E-state index in [1.54, 1.807) is 12.4 Å². The van der Waals surface area contributed by atoms with Gasteiger partial charge in [0.15, 0.2) is 0 Å². The molecule has 1 heterocycles. The molecular formula is C9H13N3S. The highest BCUT2D eigenvalue weighted by Gasteiger charge is 2.16. The smallest absolute Gasteiger partial charge is 0.124 e. The van der Waals surface area contributed by atoms with Gasteiger partial charge >= 0.3 is 0 Å². The number of aromatic nitrogens is 2. The molecule has 3 nitrogen and oxygen atoms in total. The number of nitrogens with zero attached hydrogens (tertiary/aromatic N) is 2. The SMILES string of the molecule is CC(C)(C)c1cncc(C(N)=S)n1. The van der Waals surface area contributed by atoms with Crippen molar-refractivity contribution in [3.05, 3.63) is 23.8 Å². The van der Waals surface area contributed by atoms with Crippen LogP contribution < -0.4 is 5.73 Å². The van der Waals surface area contributed by atoms with Crippen molar-refractivity contribution in [2.24, 2.45) is 5.73 Å². The zero-order valence-electron chi connectivity index (χ0n) is 8.03. The molecule has 0 radical (unpaired) electrons. The van der Waals surface area contributed by atoms with Gasteiger partial charge in [0.1, 0.15) is 10.7 Å². The van der Waals surface area contributed by atoms with Crippen molar-refractivity contribution in [2.45, 2.75) is 26.2 Å². The summed E-state index contributed by atoms with van der Waals surface area (Å²) in [6.45, 7) is 6.21. The van der Waals surface area contributed by atoms with Crippen LogP contribution in [0.4, 0.5) is 0 Å². The minimum Gasteiger partial charge on any atom is -0.388 e. The molecule has 1 rings (SSSR count). The van der Waals surface area contributed by atoms with Gasteiger partial charge in [-0.1, -0.05) is 33.0 Å². The zero-order chi connectivity index (χ0) is 10.1. The average Bonchev–Trinajstić information content (AvgIpc) is 2.03. The molecule has 0 aliphatic rings. The summed E-state index contributed by atoms with van der Waals surface area (Å²) in [5.41, 5.74) is 6.92. The standard InChI is InChI=1S/C9H13N3S/c1-9(2,3)7-5-11-4-6(12-7)8(10)13/h4-5H,1-3H3,(H2,10,13). The quantitative estimate of drug-likeness (QED) is 0.688. The largest absolute Gasteiger partial charge is 0.388 e. The summed E-state index contributed by atoms with van der Waals surface area (Å²) >= 11 is 4.82. The van der Waals surface area contributed by atoms with Gasteiger partial charge in [0.25, 0.3) is 0 Å². The molecular weight excluding hydrogens is 182 g/mol. The molecule has 0 atom stereocenters. The van der Waals surface area contributed by atoms with Crippen LogP contribution in [0, 0.1) is 0 Å². The van der Waals surface area contributed by atoms with Crippen LogP contribution in [0.1, 0.15) is 32.2 Å². The van der Waals surface area contributed by atoms with Gasteiger partial charge < -0.3 is 5.73 Å². The Kier molecular flexibility index (Phi) is 2.61. The Labute approximate surface area is 83.4 Å². The molecule has 0 unspecified atom stereocenters. The summed E-state index contributed by atoms with van der Waals surface area (Å²) in [5, 5.41) is 0. The number of hydrogen-bond donors (Lipinski definition) is 1. The molecule has 0 fully saturated rings. The van der Waals surface area contributed by atoms with Gasteiger partial charge in [-0.25, -0.2) is 4.98 Å². The van der Waals surface area contributed by atoms with Crippen molar-refractivity contribution >= 4 is 17.2 Å². The van der Waals surface area contributed by atoms with Crippen LogP contribution >= 0.6 is 12.2 Å². The van der Waals surface area contributed by atoms with Crippen LogP contribution in [0.5, 0.6) is 0 Å². The predicted molar refractivity (Wildman–Crippen MR) is 56.6 cm³/mol. The van der Waals surface area contributed by atoms with Crippen molar-refractivity contribution < 1.29 is 0 Å². The molecule has 1 aromatic rings. The van der Waals surface area contributed by atoms with E-state index in [9.17, 15) is 0 Å².